The van der Waals surface area contributed by atoms with Crippen molar-refractivity contribution in [1.82, 2.24) is 13.1 Å². The first-order valence-corrected chi connectivity index (χ1v) is 13.9. The van der Waals surface area contributed by atoms with Crippen LogP contribution in [0.1, 0.15) is 49.8 Å². The molecule has 4 rings (SSSR count). The fourth-order valence-corrected chi connectivity index (χ4v) is 6.85. The summed E-state index contributed by atoms with van der Waals surface area (Å²) in [4.78, 5) is 4.69. The fraction of sp³-hybridized carbons (Fsp3) is 0.500. The Bertz CT molecular complexity index is 1310. The molecule has 180 valence electrons. The molecule has 3 N–H and O–H groups in total. The van der Waals surface area contributed by atoms with Crippen LogP contribution in [0.5, 0.6) is 5.75 Å². The lowest BCUT2D eigenvalue weighted by atomic mass is 10.0. The number of aromatic hydroxyl groups is 1. The SMILES string of the molecule is Cc1cc([C@H](N=c2[nH][s+]([O-])nc2Nc2csc(S(=O)(=O)N(C)C3CC3)c2O)C(C)C)oc1C. The molecule has 1 fully saturated rings. The zero-order chi connectivity index (χ0) is 24.1. The number of thiophene rings is 1. The maximum atomic E-state index is 12.8. The number of aromatic amines is 1. The predicted molar refractivity (Wildman–Crippen MR) is 126 cm³/mol. The van der Waals surface area contributed by atoms with E-state index in [-0.39, 0.29) is 39.2 Å². The van der Waals surface area contributed by atoms with Gasteiger partial charge in [-0.05, 0) is 44.2 Å². The first-order valence-electron chi connectivity index (χ1n) is 10.5. The van der Waals surface area contributed by atoms with Gasteiger partial charge in [0.05, 0.1) is 5.69 Å². The van der Waals surface area contributed by atoms with Gasteiger partial charge in [-0.25, -0.2) is 13.4 Å². The minimum atomic E-state index is -3.81. The van der Waals surface area contributed by atoms with Crippen LogP contribution in [0, 0.1) is 19.8 Å². The average molecular weight is 514 g/mol. The lowest BCUT2D eigenvalue weighted by Crippen LogP contribution is -2.28. The molecule has 0 radical (unpaired) electrons. The molecule has 1 aliphatic carbocycles. The number of sulfonamides is 1. The third kappa shape index (κ3) is 4.73. The van der Waals surface area contributed by atoms with Gasteiger partial charge in [-0.3, -0.25) is 0 Å². The van der Waals surface area contributed by atoms with Crippen LogP contribution in [0.2, 0.25) is 0 Å². The number of hydrogen-bond acceptors (Lipinski definition) is 9. The third-order valence-corrected chi connectivity index (χ3v) is 9.73. The molecule has 3 aromatic heterocycles. The van der Waals surface area contributed by atoms with E-state index in [1.165, 1.54) is 16.7 Å². The summed E-state index contributed by atoms with van der Waals surface area (Å²) >= 11 is -0.841. The summed E-state index contributed by atoms with van der Waals surface area (Å²) in [6, 6.07) is 1.54. The molecule has 1 saturated carbocycles. The van der Waals surface area contributed by atoms with Crippen LogP contribution in [-0.4, -0.2) is 44.2 Å². The molecule has 13 heteroatoms. The molecule has 3 heterocycles. The standard InChI is InChI=1S/C20H27N5O5S3/c1-10(2)16(15-8-11(3)12(4)30-15)22-19-18(23-32(27)24-19)21-14-9-31-20(17(14)26)33(28,29)25(5)13-6-7-13/h8-10,13,16,26H,6-7H2,1-5H3,(H,21,23)(H,22,24)/t16-,32?/m1/s1. The van der Waals surface area contributed by atoms with E-state index in [0.717, 1.165) is 35.5 Å². The molecule has 0 spiro atoms. The van der Waals surface area contributed by atoms with Crippen molar-refractivity contribution >= 4 is 44.0 Å². The predicted octanol–water partition coefficient (Wildman–Crippen LogP) is 3.94. The van der Waals surface area contributed by atoms with E-state index >= 15 is 0 Å². The van der Waals surface area contributed by atoms with Crippen LogP contribution < -0.4 is 10.8 Å². The monoisotopic (exact) mass is 513 g/mol. The highest BCUT2D eigenvalue weighted by Crippen LogP contribution is 2.42. The lowest BCUT2D eigenvalue weighted by molar-refractivity contribution is 0.387. The van der Waals surface area contributed by atoms with Gasteiger partial charge in [0, 0.05) is 22.8 Å². The molecular weight excluding hydrogens is 486 g/mol. The maximum Gasteiger partial charge on any atom is 0.256 e. The Labute approximate surface area is 199 Å². The Morgan fingerprint density at radius 3 is 2.70 bits per heavy atom. The normalized spacial score (nSPS) is 16.7. The highest BCUT2D eigenvalue weighted by Gasteiger charge is 2.38. The zero-order valence-electron chi connectivity index (χ0n) is 18.9. The molecule has 0 aliphatic heterocycles. The van der Waals surface area contributed by atoms with Gasteiger partial charge in [0.2, 0.25) is 11.3 Å². The highest BCUT2D eigenvalue weighted by molar-refractivity contribution is 7.91. The van der Waals surface area contributed by atoms with Gasteiger partial charge in [0.15, 0.2) is 21.1 Å². The molecule has 0 aromatic carbocycles. The molecule has 10 nitrogen and oxygen atoms in total. The van der Waals surface area contributed by atoms with Crippen LogP contribution >= 0.6 is 22.5 Å². The summed E-state index contributed by atoms with van der Waals surface area (Å²) in [5.41, 5.74) is 1.41. The topological polar surface area (TPSA) is 147 Å². The molecule has 0 amide bonds. The third-order valence-electron chi connectivity index (χ3n) is 5.62. The summed E-state index contributed by atoms with van der Waals surface area (Å²) in [7, 11) is -2.29. The minimum absolute atomic E-state index is 0.0284. The van der Waals surface area contributed by atoms with Crippen molar-refractivity contribution in [3.8, 4) is 5.75 Å². The molecule has 1 aliphatic rings. The number of aromatic nitrogens is 2. The van der Waals surface area contributed by atoms with E-state index in [0.29, 0.717) is 5.76 Å². The van der Waals surface area contributed by atoms with Gasteiger partial charge in [-0.1, -0.05) is 13.8 Å². The van der Waals surface area contributed by atoms with Crippen molar-refractivity contribution in [2.75, 3.05) is 12.4 Å². The van der Waals surface area contributed by atoms with E-state index in [1.807, 2.05) is 33.8 Å². The summed E-state index contributed by atoms with van der Waals surface area (Å²) in [6.45, 7) is 7.83. The lowest BCUT2D eigenvalue weighted by Gasteiger charge is -2.15. The zero-order valence-corrected chi connectivity index (χ0v) is 21.4. The summed E-state index contributed by atoms with van der Waals surface area (Å²) in [6.07, 6.45) is 1.62. The second-order valence-corrected chi connectivity index (χ2v) is 12.5. The van der Waals surface area contributed by atoms with Crippen LogP contribution in [0.15, 0.2) is 25.1 Å². The first kappa shape index (κ1) is 24.0. The average Bonchev–Trinajstić information content (AvgIpc) is 3.33. The number of anilines is 2. The molecule has 33 heavy (non-hydrogen) atoms. The summed E-state index contributed by atoms with van der Waals surface area (Å²) < 4.78 is 51.5. The Kier molecular flexibility index (Phi) is 6.44. The van der Waals surface area contributed by atoms with Crippen molar-refractivity contribution in [3.63, 3.8) is 0 Å². The molecule has 0 bridgehead atoms. The quantitative estimate of drug-likeness (QED) is 0.387. The largest absolute Gasteiger partial charge is 0.548 e. The Balaban J connectivity index is 1.68. The smallest absolute Gasteiger partial charge is 0.256 e. The molecule has 0 saturated heterocycles. The summed E-state index contributed by atoms with van der Waals surface area (Å²) in [5, 5.41) is 15.0. The number of nitrogens with zero attached hydrogens (tertiary/aromatic N) is 3. The van der Waals surface area contributed by atoms with Crippen LogP contribution in [0.4, 0.5) is 11.5 Å². The Morgan fingerprint density at radius 1 is 1.42 bits per heavy atom. The van der Waals surface area contributed by atoms with Gasteiger partial charge >= 0.3 is 0 Å². The van der Waals surface area contributed by atoms with E-state index in [2.05, 4.69) is 14.1 Å². The maximum absolute atomic E-state index is 12.8. The molecule has 3 aromatic rings. The van der Waals surface area contributed by atoms with Gasteiger partial charge in [0.25, 0.3) is 10.0 Å². The van der Waals surface area contributed by atoms with Crippen molar-refractivity contribution in [1.29, 1.82) is 0 Å². The fourth-order valence-electron chi connectivity index (χ4n) is 3.38. The number of hydrogen-bond donors (Lipinski definition) is 3. The minimum Gasteiger partial charge on any atom is -0.548 e. The van der Waals surface area contributed by atoms with Crippen LogP contribution in [0.3, 0.4) is 0 Å². The van der Waals surface area contributed by atoms with Crippen LogP contribution in [0.25, 0.3) is 0 Å². The first-order chi connectivity index (χ1) is 15.5. The van der Waals surface area contributed by atoms with E-state index in [9.17, 15) is 18.1 Å². The van der Waals surface area contributed by atoms with Gasteiger partial charge in [-0.2, -0.15) is 4.31 Å². The van der Waals surface area contributed by atoms with E-state index in [4.69, 9.17) is 9.41 Å². The van der Waals surface area contributed by atoms with Crippen LogP contribution in [-0.2, 0) is 10.0 Å². The molecule has 1 unspecified atom stereocenters. The van der Waals surface area contributed by atoms with Crippen molar-refractivity contribution in [3.05, 3.63) is 34.0 Å². The summed E-state index contributed by atoms with van der Waals surface area (Å²) in [5.74, 6) is 1.31. The van der Waals surface area contributed by atoms with Crippen molar-refractivity contribution in [2.45, 2.75) is 56.8 Å². The number of nitrogens with one attached hydrogen (secondary N) is 2. The van der Waals surface area contributed by atoms with Gasteiger partial charge in [-0.15, -0.1) is 15.7 Å². The second-order valence-electron chi connectivity index (χ2n) is 8.51. The number of rotatable bonds is 8. The second kappa shape index (κ2) is 8.87. The van der Waals surface area contributed by atoms with Crippen molar-refractivity contribution < 1.29 is 22.5 Å². The molecule has 2 atom stereocenters. The van der Waals surface area contributed by atoms with E-state index in [1.54, 1.807) is 0 Å². The Morgan fingerprint density at radius 2 is 2.12 bits per heavy atom. The highest BCUT2D eigenvalue weighted by atomic mass is 32.2. The number of furan rings is 1. The van der Waals surface area contributed by atoms with E-state index < -0.39 is 26.9 Å². The Hall–Kier alpha value is -2.19. The molecular formula is C20H27N5O5S3. The van der Waals surface area contributed by atoms with Gasteiger partial charge < -0.3 is 19.4 Å². The van der Waals surface area contributed by atoms with Crippen molar-refractivity contribution in [2.24, 2.45) is 10.9 Å². The number of aryl methyl sites for hydroxylation is 2. The van der Waals surface area contributed by atoms with Gasteiger partial charge in [0.1, 0.15) is 17.6 Å². The number of H-pyrrole nitrogens is 1.